The molecule has 1 aromatic carbocycles. The molecule has 1 aliphatic heterocycles. The number of thiazole rings is 1. The van der Waals surface area contributed by atoms with E-state index in [1.165, 1.54) is 5.56 Å². The van der Waals surface area contributed by atoms with Crippen LogP contribution in [-0.4, -0.2) is 29.6 Å². The number of rotatable bonds is 3. The molecule has 0 unspecified atom stereocenters. The van der Waals surface area contributed by atoms with Crippen molar-refractivity contribution >= 4 is 11.3 Å². The van der Waals surface area contributed by atoms with Gasteiger partial charge in [0.15, 0.2) is 0 Å². The molecule has 0 amide bonds. The minimum absolute atomic E-state index is 0.0559. The van der Waals surface area contributed by atoms with Gasteiger partial charge in [0.05, 0.1) is 18.2 Å². The van der Waals surface area contributed by atoms with Crippen LogP contribution in [0, 0.1) is 11.3 Å². The largest absolute Gasteiger partial charge is 0.368 e. The Morgan fingerprint density at radius 1 is 1.52 bits per heavy atom. The average Bonchev–Trinajstić information content (AvgIpc) is 3.09. The molecule has 1 aromatic heterocycles. The molecular formula is C16H17N3OS. The molecule has 2 atom stereocenters. The second kappa shape index (κ2) is 6.35. The molecule has 0 aliphatic carbocycles. The number of nitriles is 1. The third-order valence-corrected chi connectivity index (χ3v) is 4.74. The van der Waals surface area contributed by atoms with Crippen molar-refractivity contribution in [1.82, 2.24) is 9.88 Å². The summed E-state index contributed by atoms with van der Waals surface area (Å²) in [5.41, 5.74) is 1.89. The fourth-order valence-corrected chi connectivity index (χ4v) is 3.32. The summed E-state index contributed by atoms with van der Waals surface area (Å²) in [5.74, 6) is 0. The lowest BCUT2D eigenvalue weighted by atomic mass is 10.0. The smallest absolute Gasteiger partial charge is 0.123 e. The van der Waals surface area contributed by atoms with Crippen molar-refractivity contribution in [3.63, 3.8) is 0 Å². The molecule has 5 heteroatoms. The van der Waals surface area contributed by atoms with Gasteiger partial charge in [-0.3, -0.25) is 4.90 Å². The van der Waals surface area contributed by atoms with Gasteiger partial charge in [-0.15, -0.1) is 11.3 Å². The zero-order chi connectivity index (χ0) is 14.7. The van der Waals surface area contributed by atoms with Gasteiger partial charge in [0.1, 0.15) is 11.1 Å². The Bertz CT molecular complexity index is 635. The lowest BCUT2D eigenvalue weighted by molar-refractivity contribution is -0.0432. The van der Waals surface area contributed by atoms with E-state index in [9.17, 15) is 0 Å². The minimum Gasteiger partial charge on any atom is -0.368 e. The number of morpholine rings is 1. The summed E-state index contributed by atoms with van der Waals surface area (Å²) >= 11 is 1.64. The fraction of sp³-hybridized carbons (Fsp3) is 0.375. The van der Waals surface area contributed by atoms with Crippen LogP contribution in [0.5, 0.6) is 0 Å². The molecule has 108 valence electrons. The molecule has 0 saturated carbocycles. The van der Waals surface area contributed by atoms with Gasteiger partial charge in [-0.05, 0) is 24.6 Å². The van der Waals surface area contributed by atoms with E-state index in [1.807, 2.05) is 29.8 Å². The zero-order valence-corrected chi connectivity index (χ0v) is 12.7. The van der Waals surface area contributed by atoms with Crippen LogP contribution in [0.1, 0.15) is 35.2 Å². The summed E-state index contributed by atoms with van der Waals surface area (Å²) in [7, 11) is 0. The number of ether oxygens (including phenoxy) is 1. The van der Waals surface area contributed by atoms with Crippen LogP contribution in [0.2, 0.25) is 0 Å². The van der Waals surface area contributed by atoms with E-state index in [2.05, 4.69) is 28.9 Å². The minimum atomic E-state index is 0.0559. The molecule has 0 spiro atoms. The third kappa shape index (κ3) is 3.13. The Morgan fingerprint density at radius 3 is 3.19 bits per heavy atom. The topological polar surface area (TPSA) is 49.2 Å². The molecule has 1 aliphatic rings. The average molecular weight is 299 g/mol. The highest BCUT2D eigenvalue weighted by atomic mass is 32.1. The highest BCUT2D eigenvalue weighted by Gasteiger charge is 2.27. The molecule has 3 rings (SSSR count). The van der Waals surface area contributed by atoms with Gasteiger partial charge in [-0.2, -0.15) is 5.26 Å². The first kappa shape index (κ1) is 14.2. The van der Waals surface area contributed by atoms with Gasteiger partial charge in [0.25, 0.3) is 0 Å². The first-order valence-electron chi connectivity index (χ1n) is 7.03. The second-order valence-electron chi connectivity index (χ2n) is 5.14. The molecule has 21 heavy (non-hydrogen) atoms. The van der Waals surface area contributed by atoms with Crippen molar-refractivity contribution in [3.8, 4) is 6.07 Å². The zero-order valence-electron chi connectivity index (χ0n) is 11.9. The summed E-state index contributed by atoms with van der Waals surface area (Å²) in [6.45, 7) is 4.64. The molecule has 1 fully saturated rings. The summed E-state index contributed by atoms with van der Waals surface area (Å²) in [4.78, 5) is 6.75. The predicted molar refractivity (Wildman–Crippen MR) is 82.0 cm³/mol. The lowest BCUT2D eigenvalue weighted by Gasteiger charge is -2.36. The van der Waals surface area contributed by atoms with E-state index in [-0.39, 0.29) is 12.1 Å². The molecule has 2 aromatic rings. The molecule has 0 bridgehead atoms. The SMILES string of the molecule is C[C@@H](c1cccc(C#N)c1)N1CCO[C@@H](c2nccs2)C1. The van der Waals surface area contributed by atoms with E-state index in [0.29, 0.717) is 12.2 Å². The first-order valence-corrected chi connectivity index (χ1v) is 7.91. The summed E-state index contributed by atoms with van der Waals surface area (Å²) in [6.07, 6.45) is 1.88. The molecule has 4 nitrogen and oxygen atoms in total. The predicted octanol–water partition coefficient (Wildman–Crippen LogP) is 3.15. The Morgan fingerprint density at radius 2 is 2.43 bits per heavy atom. The van der Waals surface area contributed by atoms with Crippen LogP contribution in [0.15, 0.2) is 35.8 Å². The van der Waals surface area contributed by atoms with Gasteiger partial charge in [0.2, 0.25) is 0 Å². The molecule has 0 N–H and O–H groups in total. The van der Waals surface area contributed by atoms with Crippen molar-refractivity contribution in [1.29, 1.82) is 5.26 Å². The Hall–Kier alpha value is -1.74. The number of benzene rings is 1. The Labute approximate surface area is 128 Å². The van der Waals surface area contributed by atoms with E-state index in [1.54, 1.807) is 11.3 Å². The van der Waals surface area contributed by atoms with Crippen LogP contribution in [-0.2, 0) is 4.74 Å². The fourth-order valence-electron chi connectivity index (χ4n) is 2.64. The number of nitrogens with zero attached hydrogens (tertiary/aromatic N) is 3. The maximum absolute atomic E-state index is 9.03. The van der Waals surface area contributed by atoms with Gasteiger partial charge in [0, 0.05) is 30.7 Å². The Balaban J connectivity index is 1.75. The highest BCUT2D eigenvalue weighted by Crippen LogP contribution is 2.29. The van der Waals surface area contributed by atoms with Crippen LogP contribution >= 0.6 is 11.3 Å². The first-order chi connectivity index (χ1) is 10.3. The van der Waals surface area contributed by atoms with Crippen molar-refractivity contribution in [2.24, 2.45) is 0 Å². The third-order valence-electron chi connectivity index (χ3n) is 3.87. The van der Waals surface area contributed by atoms with Crippen molar-refractivity contribution < 1.29 is 4.74 Å². The van der Waals surface area contributed by atoms with E-state index in [4.69, 9.17) is 10.00 Å². The van der Waals surface area contributed by atoms with Gasteiger partial charge >= 0.3 is 0 Å². The monoisotopic (exact) mass is 299 g/mol. The maximum atomic E-state index is 9.03. The van der Waals surface area contributed by atoms with E-state index in [0.717, 1.165) is 18.1 Å². The van der Waals surface area contributed by atoms with Crippen LogP contribution < -0.4 is 0 Å². The van der Waals surface area contributed by atoms with Gasteiger partial charge in [-0.25, -0.2) is 4.98 Å². The van der Waals surface area contributed by atoms with E-state index >= 15 is 0 Å². The number of hydrogen-bond donors (Lipinski definition) is 0. The summed E-state index contributed by atoms with van der Waals surface area (Å²) in [6, 6.07) is 10.3. The standard InChI is InChI=1S/C16H17N3OS/c1-12(14-4-2-3-13(9-14)10-17)19-6-7-20-15(11-19)16-18-5-8-21-16/h2-5,8-9,12,15H,6-7,11H2,1H3/t12-,15+/m0/s1. The highest BCUT2D eigenvalue weighted by molar-refractivity contribution is 7.09. The van der Waals surface area contributed by atoms with Crippen molar-refractivity contribution in [3.05, 3.63) is 52.0 Å². The quantitative estimate of drug-likeness (QED) is 0.873. The van der Waals surface area contributed by atoms with Crippen LogP contribution in [0.4, 0.5) is 0 Å². The van der Waals surface area contributed by atoms with E-state index < -0.39 is 0 Å². The molecular weight excluding hydrogens is 282 g/mol. The van der Waals surface area contributed by atoms with Gasteiger partial charge in [-0.1, -0.05) is 12.1 Å². The van der Waals surface area contributed by atoms with Gasteiger partial charge < -0.3 is 4.74 Å². The normalized spacial score (nSPS) is 20.9. The molecule has 2 heterocycles. The van der Waals surface area contributed by atoms with Crippen molar-refractivity contribution in [2.45, 2.75) is 19.1 Å². The maximum Gasteiger partial charge on any atom is 0.123 e. The lowest BCUT2D eigenvalue weighted by Crippen LogP contribution is -2.39. The summed E-state index contributed by atoms with van der Waals surface area (Å²) in [5, 5.41) is 12.1. The second-order valence-corrected chi connectivity index (χ2v) is 6.06. The number of aromatic nitrogens is 1. The molecule has 0 radical (unpaired) electrons. The molecule has 1 saturated heterocycles. The van der Waals surface area contributed by atoms with Crippen molar-refractivity contribution in [2.75, 3.05) is 19.7 Å². The van der Waals surface area contributed by atoms with Crippen LogP contribution in [0.25, 0.3) is 0 Å². The van der Waals surface area contributed by atoms with Crippen LogP contribution in [0.3, 0.4) is 0 Å². The summed E-state index contributed by atoms with van der Waals surface area (Å²) < 4.78 is 5.84. The number of hydrogen-bond acceptors (Lipinski definition) is 5. The Kier molecular flexibility index (Phi) is 4.30.